The largest absolute Gasteiger partial charge is 0.342 e. The summed E-state index contributed by atoms with van der Waals surface area (Å²) in [5.41, 5.74) is 0.439. The smallest absolute Gasteiger partial charge is 0.228 e. The SMILES string of the molecule is CC1(C)CCN(C(=O)C2CNC2)CC1. The molecule has 0 bridgehead atoms. The van der Waals surface area contributed by atoms with Crippen molar-refractivity contribution in [2.24, 2.45) is 11.3 Å². The highest BCUT2D eigenvalue weighted by atomic mass is 16.2. The van der Waals surface area contributed by atoms with Gasteiger partial charge in [-0.15, -0.1) is 0 Å². The van der Waals surface area contributed by atoms with Crippen LogP contribution < -0.4 is 5.32 Å². The molecule has 2 rings (SSSR count). The van der Waals surface area contributed by atoms with Crippen LogP contribution >= 0.6 is 0 Å². The van der Waals surface area contributed by atoms with Gasteiger partial charge in [0.25, 0.3) is 0 Å². The molecule has 0 aromatic carbocycles. The second-order valence-electron chi connectivity index (χ2n) is 5.34. The van der Waals surface area contributed by atoms with Gasteiger partial charge in [0.15, 0.2) is 0 Å². The molecule has 2 heterocycles. The standard InChI is InChI=1S/C11H20N2O/c1-11(2)3-5-13(6-4-11)10(14)9-7-12-8-9/h9,12H,3-8H2,1-2H3. The maximum Gasteiger partial charge on any atom is 0.228 e. The van der Waals surface area contributed by atoms with Crippen molar-refractivity contribution >= 4 is 5.91 Å². The molecule has 1 N–H and O–H groups in total. The van der Waals surface area contributed by atoms with Crippen molar-refractivity contribution in [1.82, 2.24) is 10.2 Å². The van der Waals surface area contributed by atoms with Crippen LogP contribution in [0.3, 0.4) is 0 Å². The first-order chi connectivity index (χ1) is 6.58. The molecule has 0 aromatic rings. The first-order valence-corrected chi connectivity index (χ1v) is 5.58. The quantitative estimate of drug-likeness (QED) is 0.674. The summed E-state index contributed by atoms with van der Waals surface area (Å²) in [7, 11) is 0. The Morgan fingerprint density at radius 1 is 1.29 bits per heavy atom. The lowest BCUT2D eigenvalue weighted by atomic mass is 9.82. The van der Waals surface area contributed by atoms with Crippen LogP contribution in [0.15, 0.2) is 0 Å². The van der Waals surface area contributed by atoms with E-state index < -0.39 is 0 Å². The summed E-state index contributed by atoms with van der Waals surface area (Å²) >= 11 is 0. The van der Waals surface area contributed by atoms with Gasteiger partial charge in [0, 0.05) is 26.2 Å². The van der Waals surface area contributed by atoms with Crippen molar-refractivity contribution in [1.29, 1.82) is 0 Å². The Morgan fingerprint density at radius 2 is 1.86 bits per heavy atom. The van der Waals surface area contributed by atoms with Crippen LogP contribution in [0, 0.1) is 11.3 Å². The van der Waals surface area contributed by atoms with Crippen LogP contribution in [0.4, 0.5) is 0 Å². The van der Waals surface area contributed by atoms with E-state index in [4.69, 9.17) is 0 Å². The van der Waals surface area contributed by atoms with Gasteiger partial charge in [-0.25, -0.2) is 0 Å². The fourth-order valence-corrected chi connectivity index (χ4v) is 2.05. The minimum Gasteiger partial charge on any atom is -0.342 e. The fourth-order valence-electron chi connectivity index (χ4n) is 2.05. The summed E-state index contributed by atoms with van der Waals surface area (Å²) < 4.78 is 0. The molecule has 80 valence electrons. The van der Waals surface area contributed by atoms with Crippen molar-refractivity contribution in [3.63, 3.8) is 0 Å². The molecule has 3 nitrogen and oxygen atoms in total. The zero-order valence-electron chi connectivity index (χ0n) is 9.18. The Morgan fingerprint density at radius 3 is 2.29 bits per heavy atom. The predicted molar refractivity (Wildman–Crippen MR) is 56.0 cm³/mol. The maximum absolute atomic E-state index is 11.9. The van der Waals surface area contributed by atoms with Gasteiger partial charge in [-0.05, 0) is 18.3 Å². The Hall–Kier alpha value is -0.570. The number of nitrogens with one attached hydrogen (secondary N) is 1. The van der Waals surface area contributed by atoms with Crippen LogP contribution in [0.25, 0.3) is 0 Å². The van der Waals surface area contributed by atoms with Gasteiger partial charge in [0.2, 0.25) is 5.91 Å². The van der Waals surface area contributed by atoms with Crippen molar-refractivity contribution in [2.75, 3.05) is 26.2 Å². The van der Waals surface area contributed by atoms with Crippen molar-refractivity contribution < 1.29 is 4.79 Å². The number of carbonyl (C=O) groups excluding carboxylic acids is 1. The third-order valence-corrected chi connectivity index (χ3v) is 3.56. The molecular formula is C11H20N2O. The van der Waals surface area contributed by atoms with Crippen molar-refractivity contribution in [3.8, 4) is 0 Å². The number of hydrogen-bond acceptors (Lipinski definition) is 2. The predicted octanol–water partition coefficient (Wildman–Crippen LogP) is 0.854. The maximum atomic E-state index is 11.9. The highest BCUT2D eigenvalue weighted by molar-refractivity contribution is 5.80. The Bertz CT molecular complexity index is 223. The van der Waals surface area contributed by atoms with Gasteiger partial charge in [-0.3, -0.25) is 4.79 Å². The number of piperidine rings is 1. The normalized spacial score (nSPS) is 27.1. The highest BCUT2D eigenvalue weighted by Gasteiger charge is 2.33. The molecule has 0 aliphatic carbocycles. The molecule has 2 aliphatic heterocycles. The van der Waals surface area contributed by atoms with Gasteiger partial charge in [-0.1, -0.05) is 13.8 Å². The molecule has 2 aliphatic rings. The minimum absolute atomic E-state index is 0.274. The molecule has 0 unspecified atom stereocenters. The molecule has 0 atom stereocenters. The van der Waals surface area contributed by atoms with Gasteiger partial charge in [0.05, 0.1) is 5.92 Å². The van der Waals surface area contributed by atoms with E-state index in [2.05, 4.69) is 24.1 Å². The topological polar surface area (TPSA) is 32.3 Å². The summed E-state index contributed by atoms with van der Waals surface area (Å²) in [5.74, 6) is 0.649. The van der Waals surface area contributed by atoms with E-state index in [9.17, 15) is 4.79 Å². The Labute approximate surface area is 85.8 Å². The first-order valence-electron chi connectivity index (χ1n) is 5.58. The lowest BCUT2D eigenvalue weighted by molar-refractivity contribution is -0.139. The van der Waals surface area contributed by atoms with E-state index in [0.717, 1.165) is 39.0 Å². The first kappa shape index (κ1) is 9.97. The van der Waals surface area contributed by atoms with Crippen molar-refractivity contribution in [2.45, 2.75) is 26.7 Å². The Kier molecular flexibility index (Phi) is 2.52. The second-order valence-corrected chi connectivity index (χ2v) is 5.34. The molecule has 0 spiro atoms. The molecule has 0 aromatic heterocycles. The van der Waals surface area contributed by atoms with Crippen molar-refractivity contribution in [3.05, 3.63) is 0 Å². The van der Waals surface area contributed by atoms with E-state index in [-0.39, 0.29) is 5.92 Å². The average molecular weight is 196 g/mol. The number of carbonyl (C=O) groups is 1. The summed E-state index contributed by atoms with van der Waals surface area (Å²) in [6.45, 7) is 8.28. The Balaban J connectivity index is 1.85. The van der Waals surface area contributed by atoms with E-state index in [0.29, 0.717) is 11.3 Å². The molecule has 14 heavy (non-hydrogen) atoms. The van der Waals surface area contributed by atoms with Crippen LogP contribution in [0.1, 0.15) is 26.7 Å². The van der Waals surface area contributed by atoms with E-state index in [1.807, 2.05) is 0 Å². The summed E-state index contributed by atoms with van der Waals surface area (Å²) in [6.07, 6.45) is 2.30. The number of rotatable bonds is 1. The van der Waals surface area contributed by atoms with Crippen LogP contribution in [0.2, 0.25) is 0 Å². The van der Waals surface area contributed by atoms with Gasteiger partial charge < -0.3 is 10.2 Å². The third kappa shape index (κ3) is 1.92. The summed E-state index contributed by atoms with van der Waals surface area (Å²) in [4.78, 5) is 13.9. The summed E-state index contributed by atoms with van der Waals surface area (Å²) in [5, 5.41) is 3.15. The monoisotopic (exact) mass is 196 g/mol. The average Bonchev–Trinajstić information content (AvgIpc) is 2.00. The number of likely N-dealkylation sites (tertiary alicyclic amines) is 1. The molecule has 2 fully saturated rings. The lowest BCUT2D eigenvalue weighted by Gasteiger charge is -2.40. The molecule has 3 heteroatoms. The van der Waals surface area contributed by atoms with Gasteiger partial charge in [0.1, 0.15) is 0 Å². The number of hydrogen-bond donors (Lipinski definition) is 1. The zero-order chi connectivity index (χ0) is 10.2. The zero-order valence-corrected chi connectivity index (χ0v) is 9.18. The minimum atomic E-state index is 0.274. The van der Waals surface area contributed by atoms with Crippen LogP contribution in [-0.2, 0) is 4.79 Å². The number of amides is 1. The lowest BCUT2D eigenvalue weighted by Crippen LogP contribution is -2.54. The third-order valence-electron chi connectivity index (χ3n) is 3.56. The van der Waals surface area contributed by atoms with E-state index in [1.54, 1.807) is 0 Å². The molecule has 2 saturated heterocycles. The summed E-state index contributed by atoms with van der Waals surface area (Å²) in [6, 6.07) is 0. The highest BCUT2D eigenvalue weighted by Crippen LogP contribution is 2.30. The molecule has 0 radical (unpaired) electrons. The number of nitrogens with zero attached hydrogens (tertiary/aromatic N) is 1. The van der Waals surface area contributed by atoms with E-state index >= 15 is 0 Å². The van der Waals surface area contributed by atoms with Gasteiger partial charge in [-0.2, -0.15) is 0 Å². The fraction of sp³-hybridized carbons (Fsp3) is 0.909. The van der Waals surface area contributed by atoms with Crippen LogP contribution in [0.5, 0.6) is 0 Å². The van der Waals surface area contributed by atoms with Crippen LogP contribution in [-0.4, -0.2) is 37.0 Å². The molecule has 1 amide bonds. The van der Waals surface area contributed by atoms with E-state index in [1.165, 1.54) is 0 Å². The second kappa shape index (κ2) is 3.54. The molecular weight excluding hydrogens is 176 g/mol. The van der Waals surface area contributed by atoms with Gasteiger partial charge >= 0.3 is 0 Å². The molecule has 0 saturated carbocycles.